The number of aryl methyl sites for hydroxylation is 1. The van der Waals surface area contributed by atoms with Crippen LogP contribution in [0.15, 0.2) is 30.6 Å². The molecule has 0 aliphatic rings. The van der Waals surface area contributed by atoms with Crippen molar-refractivity contribution >= 4 is 17.5 Å². The predicted octanol–water partition coefficient (Wildman–Crippen LogP) is 1.01. The molecule has 0 saturated carbocycles. The summed E-state index contributed by atoms with van der Waals surface area (Å²) in [6.07, 6.45) is 2.65. The van der Waals surface area contributed by atoms with Gasteiger partial charge < -0.3 is 11.1 Å². The monoisotopic (exact) mass is 229 g/mol. The lowest BCUT2D eigenvalue weighted by molar-refractivity contribution is 0.102. The fourth-order valence-electron chi connectivity index (χ4n) is 1.25. The number of nitrogens with two attached hydrogens (primary N) is 1. The van der Waals surface area contributed by atoms with Gasteiger partial charge in [-0.2, -0.15) is 0 Å². The largest absolute Gasteiger partial charge is 0.382 e. The topological polar surface area (TPSA) is 93.8 Å². The highest BCUT2D eigenvalue weighted by Gasteiger charge is 2.08. The Morgan fingerprint density at radius 3 is 2.76 bits per heavy atom. The molecule has 6 nitrogen and oxygen atoms in total. The third-order valence-corrected chi connectivity index (χ3v) is 2.03. The van der Waals surface area contributed by atoms with Gasteiger partial charge in [-0.1, -0.05) is 6.07 Å². The van der Waals surface area contributed by atoms with E-state index in [9.17, 15) is 4.79 Å². The van der Waals surface area contributed by atoms with E-state index in [4.69, 9.17) is 5.73 Å². The molecule has 0 aliphatic heterocycles. The molecular weight excluding hydrogens is 218 g/mol. The lowest BCUT2D eigenvalue weighted by Crippen LogP contribution is -2.15. The van der Waals surface area contributed by atoms with Gasteiger partial charge in [0.25, 0.3) is 5.91 Å². The first kappa shape index (κ1) is 11.0. The van der Waals surface area contributed by atoms with Crippen LogP contribution in [0.25, 0.3) is 0 Å². The summed E-state index contributed by atoms with van der Waals surface area (Å²) in [6, 6.07) is 5.36. The van der Waals surface area contributed by atoms with Gasteiger partial charge in [0.15, 0.2) is 0 Å². The highest BCUT2D eigenvalue weighted by molar-refractivity contribution is 6.02. The summed E-state index contributed by atoms with van der Waals surface area (Å²) in [5, 5.41) is 2.63. The summed E-state index contributed by atoms with van der Waals surface area (Å²) in [5.74, 6) is 0.388. The van der Waals surface area contributed by atoms with Gasteiger partial charge in [0, 0.05) is 5.69 Å². The van der Waals surface area contributed by atoms with Crippen LogP contribution in [0.4, 0.5) is 11.6 Å². The zero-order valence-corrected chi connectivity index (χ0v) is 9.21. The van der Waals surface area contributed by atoms with Crippen LogP contribution in [-0.2, 0) is 0 Å². The number of hydrogen-bond donors (Lipinski definition) is 2. The summed E-state index contributed by atoms with van der Waals surface area (Å²) < 4.78 is 0. The van der Waals surface area contributed by atoms with Crippen molar-refractivity contribution in [2.45, 2.75) is 6.92 Å². The van der Waals surface area contributed by atoms with E-state index in [-0.39, 0.29) is 17.4 Å². The highest BCUT2D eigenvalue weighted by Crippen LogP contribution is 2.06. The van der Waals surface area contributed by atoms with Gasteiger partial charge >= 0.3 is 0 Å². The van der Waals surface area contributed by atoms with Crippen LogP contribution in [0.2, 0.25) is 0 Å². The minimum atomic E-state index is -0.365. The quantitative estimate of drug-likeness (QED) is 0.801. The summed E-state index contributed by atoms with van der Waals surface area (Å²) in [4.78, 5) is 23.6. The number of carbonyl (C=O) groups excluding carboxylic acids is 1. The minimum Gasteiger partial charge on any atom is -0.382 e. The van der Waals surface area contributed by atoms with Crippen molar-refractivity contribution in [3.63, 3.8) is 0 Å². The SMILES string of the molecule is Cc1cccc(NC(=O)c2cnc(N)cn2)n1. The third kappa shape index (κ3) is 2.75. The zero-order chi connectivity index (χ0) is 12.3. The van der Waals surface area contributed by atoms with Crippen LogP contribution in [0.1, 0.15) is 16.2 Å². The predicted molar refractivity (Wildman–Crippen MR) is 63.4 cm³/mol. The minimum absolute atomic E-state index is 0.197. The number of anilines is 2. The molecule has 0 bridgehead atoms. The van der Waals surface area contributed by atoms with Crippen molar-refractivity contribution < 1.29 is 4.79 Å². The average Bonchev–Trinajstić information content (AvgIpc) is 2.29. The van der Waals surface area contributed by atoms with E-state index in [0.717, 1.165) is 5.69 Å². The lowest BCUT2D eigenvalue weighted by atomic mass is 10.3. The van der Waals surface area contributed by atoms with E-state index in [1.165, 1.54) is 12.4 Å². The van der Waals surface area contributed by atoms with E-state index >= 15 is 0 Å². The van der Waals surface area contributed by atoms with Gasteiger partial charge in [-0.15, -0.1) is 0 Å². The molecule has 2 heterocycles. The van der Waals surface area contributed by atoms with E-state index in [1.54, 1.807) is 6.07 Å². The molecule has 86 valence electrons. The maximum absolute atomic E-state index is 11.7. The molecule has 0 unspecified atom stereocenters. The molecule has 0 saturated heterocycles. The first-order valence-corrected chi connectivity index (χ1v) is 4.97. The second-order valence-electron chi connectivity index (χ2n) is 3.44. The van der Waals surface area contributed by atoms with E-state index in [2.05, 4.69) is 20.3 Å². The number of rotatable bonds is 2. The van der Waals surface area contributed by atoms with Crippen molar-refractivity contribution in [1.82, 2.24) is 15.0 Å². The Hall–Kier alpha value is -2.50. The van der Waals surface area contributed by atoms with Crippen molar-refractivity contribution in [3.05, 3.63) is 42.0 Å². The molecular formula is C11H11N5O. The van der Waals surface area contributed by atoms with E-state index < -0.39 is 0 Å². The molecule has 2 rings (SSSR count). The summed E-state index contributed by atoms with van der Waals surface area (Å²) >= 11 is 0. The molecule has 0 atom stereocenters. The van der Waals surface area contributed by atoms with Crippen LogP contribution in [-0.4, -0.2) is 20.9 Å². The average molecular weight is 229 g/mol. The van der Waals surface area contributed by atoms with Crippen LogP contribution in [0, 0.1) is 6.92 Å². The number of carbonyl (C=O) groups is 1. The van der Waals surface area contributed by atoms with Crippen molar-refractivity contribution in [1.29, 1.82) is 0 Å². The summed E-state index contributed by atoms with van der Waals surface area (Å²) in [6.45, 7) is 1.85. The Morgan fingerprint density at radius 1 is 1.29 bits per heavy atom. The van der Waals surface area contributed by atoms with Gasteiger partial charge in [-0.3, -0.25) is 4.79 Å². The first-order chi connectivity index (χ1) is 8.15. The maximum Gasteiger partial charge on any atom is 0.277 e. The van der Waals surface area contributed by atoms with Crippen LogP contribution >= 0.6 is 0 Å². The molecule has 0 aromatic carbocycles. The molecule has 0 fully saturated rings. The normalized spacial score (nSPS) is 9.94. The molecule has 1 amide bonds. The van der Waals surface area contributed by atoms with Crippen molar-refractivity contribution in [2.75, 3.05) is 11.1 Å². The molecule has 2 aromatic rings. The number of amides is 1. The van der Waals surface area contributed by atoms with Crippen molar-refractivity contribution in [2.24, 2.45) is 0 Å². The third-order valence-electron chi connectivity index (χ3n) is 2.03. The molecule has 3 N–H and O–H groups in total. The van der Waals surface area contributed by atoms with Crippen LogP contribution in [0.5, 0.6) is 0 Å². The van der Waals surface area contributed by atoms with Gasteiger partial charge in [0.05, 0.1) is 12.4 Å². The van der Waals surface area contributed by atoms with Gasteiger partial charge in [0.2, 0.25) is 0 Å². The molecule has 0 spiro atoms. The van der Waals surface area contributed by atoms with Gasteiger partial charge in [-0.25, -0.2) is 15.0 Å². The van der Waals surface area contributed by atoms with Crippen LogP contribution < -0.4 is 11.1 Å². The molecule has 6 heteroatoms. The Kier molecular flexibility index (Phi) is 2.95. The number of pyridine rings is 1. The molecule has 2 aromatic heterocycles. The van der Waals surface area contributed by atoms with Crippen LogP contribution in [0.3, 0.4) is 0 Å². The number of nitrogens with one attached hydrogen (secondary N) is 1. The molecule has 0 aliphatic carbocycles. The standard InChI is InChI=1S/C11H11N5O/c1-7-3-2-4-10(15-7)16-11(17)8-5-14-9(12)6-13-8/h2-6H,1H3,(H2,12,14)(H,15,16,17). The number of aromatic nitrogens is 3. The fraction of sp³-hybridized carbons (Fsp3) is 0.0909. The van der Waals surface area contributed by atoms with Gasteiger partial charge in [-0.05, 0) is 19.1 Å². The Morgan fingerprint density at radius 2 is 2.12 bits per heavy atom. The summed E-state index contributed by atoms with van der Waals surface area (Å²) in [7, 11) is 0. The van der Waals surface area contributed by atoms with Crippen molar-refractivity contribution in [3.8, 4) is 0 Å². The fourth-order valence-corrected chi connectivity index (χ4v) is 1.25. The highest BCUT2D eigenvalue weighted by atomic mass is 16.1. The van der Waals surface area contributed by atoms with E-state index in [1.807, 2.05) is 19.1 Å². The Bertz CT molecular complexity index is 538. The second-order valence-corrected chi connectivity index (χ2v) is 3.44. The Labute approximate surface area is 97.9 Å². The van der Waals surface area contributed by atoms with Gasteiger partial charge in [0.1, 0.15) is 17.3 Å². The smallest absolute Gasteiger partial charge is 0.277 e. The zero-order valence-electron chi connectivity index (χ0n) is 9.21. The number of hydrogen-bond acceptors (Lipinski definition) is 5. The first-order valence-electron chi connectivity index (χ1n) is 4.97. The van der Waals surface area contributed by atoms with E-state index in [0.29, 0.717) is 5.82 Å². The molecule has 0 radical (unpaired) electrons. The maximum atomic E-state index is 11.7. The number of nitrogen functional groups attached to an aromatic ring is 1. The summed E-state index contributed by atoms with van der Waals surface area (Å²) in [5.41, 5.74) is 6.40. The Balaban J connectivity index is 2.14. The second kappa shape index (κ2) is 4.56. The molecule has 17 heavy (non-hydrogen) atoms. The number of nitrogens with zero attached hydrogens (tertiary/aromatic N) is 3. The lowest BCUT2D eigenvalue weighted by Gasteiger charge is -2.04.